The summed E-state index contributed by atoms with van der Waals surface area (Å²) in [5, 5.41) is 12.3. The Morgan fingerprint density at radius 2 is 1.97 bits per heavy atom. The molecule has 1 aliphatic rings. The van der Waals surface area contributed by atoms with Gasteiger partial charge in [-0.05, 0) is 55.5 Å². The Bertz CT molecular complexity index is 1070. The summed E-state index contributed by atoms with van der Waals surface area (Å²) in [6, 6.07) is 7.07. The minimum Gasteiger partial charge on any atom is -0.481 e. The van der Waals surface area contributed by atoms with Crippen molar-refractivity contribution in [3.63, 3.8) is 0 Å². The van der Waals surface area contributed by atoms with Crippen LogP contribution in [-0.2, 0) is 16.0 Å². The van der Waals surface area contributed by atoms with E-state index in [0.717, 1.165) is 23.8 Å². The minimum absolute atomic E-state index is 0.161. The number of halogens is 1. The Morgan fingerprint density at radius 3 is 2.62 bits per heavy atom. The molecule has 1 heterocycles. The number of hydrogen-bond acceptors (Lipinski definition) is 7. The maximum Gasteiger partial charge on any atom is 0.353 e. The number of amides is 1. The maximum atomic E-state index is 14.2. The van der Waals surface area contributed by atoms with E-state index < -0.39 is 35.3 Å². The van der Waals surface area contributed by atoms with E-state index in [-0.39, 0.29) is 22.6 Å². The van der Waals surface area contributed by atoms with Crippen LogP contribution in [0.2, 0.25) is 0 Å². The fourth-order valence-electron chi connectivity index (χ4n) is 3.98. The number of carboxylic acid groups (broad SMARTS) is 1. The first-order valence-electron chi connectivity index (χ1n) is 11.1. The van der Waals surface area contributed by atoms with E-state index in [2.05, 4.69) is 5.32 Å². The standard InChI is InChI=1S/C24H30FN3O5S/c1-24(2,23(32)28-15-5-3-4-14(10-15)21(29)30)12-16-7-9-19(34-16)22(31)33-18-8-6-13(20(26)27)11-17(18)25/h6-9,11,14-15,20H,3-5,10,12,26-27H2,1-2H3,(H,28,32)(H,29,30)/t14-,15+/m1/s1. The van der Waals surface area contributed by atoms with Crippen LogP contribution in [-0.4, -0.2) is 29.0 Å². The van der Waals surface area contributed by atoms with Gasteiger partial charge in [-0.3, -0.25) is 9.59 Å². The molecule has 34 heavy (non-hydrogen) atoms. The minimum atomic E-state index is -0.837. The molecule has 1 amide bonds. The molecule has 3 rings (SSSR count). The molecule has 0 unspecified atom stereocenters. The monoisotopic (exact) mass is 491 g/mol. The largest absolute Gasteiger partial charge is 0.481 e. The van der Waals surface area contributed by atoms with Crippen LogP contribution in [0.25, 0.3) is 0 Å². The highest BCUT2D eigenvalue weighted by Gasteiger charge is 2.33. The van der Waals surface area contributed by atoms with Gasteiger partial charge in [0, 0.05) is 16.3 Å². The molecule has 1 saturated carbocycles. The van der Waals surface area contributed by atoms with Crippen LogP contribution in [0.15, 0.2) is 30.3 Å². The van der Waals surface area contributed by atoms with Crippen LogP contribution in [0, 0.1) is 17.2 Å². The zero-order chi connectivity index (χ0) is 25.0. The van der Waals surface area contributed by atoms with Gasteiger partial charge >= 0.3 is 11.9 Å². The SMILES string of the molecule is CC(C)(Cc1ccc(C(=O)Oc2ccc(C(N)N)cc2F)s1)C(=O)N[C@H]1CCC[C@@H](C(=O)O)C1. The van der Waals surface area contributed by atoms with Gasteiger partial charge in [0.2, 0.25) is 5.91 Å². The zero-order valence-corrected chi connectivity index (χ0v) is 20.0. The van der Waals surface area contributed by atoms with Gasteiger partial charge in [0.15, 0.2) is 11.6 Å². The van der Waals surface area contributed by atoms with Crippen molar-refractivity contribution in [2.45, 2.75) is 58.2 Å². The molecular formula is C24H30FN3O5S. The number of esters is 1. The first-order chi connectivity index (χ1) is 16.0. The van der Waals surface area contributed by atoms with E-state index in [9.17, 15) is 23.9 Å². The van der Waals surface area contributed by atoms with Gasteiger partial charge in [0.25, 0.3) is 0 Å². The summed E-state index contributed by atoms with van der Waals surface area (Å²) in [7, 11) is 0. The van der Waals surface area contributed by atoms with Crippen molar-refractivity contribution in [1.29, 1.82) is 0 Å². The predicted molar refractivity (Wildman–Crippen MR) is 126 cm³/mol. The van der Waals surface area contributed by atoms with Crippen LogP contribution in [0.1, 0.15) is 65.8 Å². The van der Waals surface area contributed by atoms with Crippen molar-refractivity contribution in [1.82, 2.24) is 5.32 Å². The van der Waals surface area contributed by atoms with Crippen molar-refractivity contribution in [2.75, 3.05) is 0 Å². The Morgan fingerprint density at radius 1 is 1.24 bits per heavy atom. The number of thiophene rings is 1. The molecular weight excluding hydrogens is 461 g/mol. The summed E-state index contributed by atoms with van der Waals surface area (Å²) in [6.07, 6.45) is 2.13. The van der Waals surface area contributed by atoms with E-state index in [0.29, 0.717) is 24.8 Å². The fraction of sp³-hybridized carbons (Fsp3) is 0.458. The van der Waals surface area contributed by atoms with Crippen LogP contribution < -0.4 is 21.5 Å². The summed E-state index contributed by atoms with van der Waals surface area (Å²) < 4.78 is 19.4. The second kappa shape index (κ2) is 10.6. The van der Waals surface area contributed by atoms with Crippen LogP contribution >= 0.6 is 11.3 Å². The summed E-state index contributed by atoms with van der Waals surface area (Å²) in [5.41, 5.74) is 10.7. The number of carboxylic acids is 1. The molecule has 2 aromatic rings. The summed E-state index contributed by atoms with van der Waals surface area (Å²) >= 11 is 1.17. The van der Waals surface area contributed by atoms with Gasteiger partial charge in [0.05, 0.1) is 12.1 Å². The van der Waals surface area contributed by atoms with E-state index in [1.54, 1.807) is 26.0 Å². The number of carbonyl (C=O) groups is 3. The molecule has 0 bridgehead atoms. The Kier molecular flexibility index (Phi) is 8.06. The average molecular weight is 492 g/mol. The Labute approximate surface area is 201 Å². The molecule has 1 fully saturated rings. The third kappa shape index (κ3) is 6.40. The number of carbonyl (C=O) groups excluding carboxylic acids is 2. The van der Waals surface area contributed by atoms with E-state index in [4.69, 9.17) is 16.2 Å². The molecule has 184 valence electrons. The highest BCUT2D eigenvalue weighted by Crippen LogP contribution is 2.30. The highest BCUT2D eigenvalue weighted by atomic mass is 32.1. The predicted octanol–water partition coefficient (Wildman–Crippen LogP) is 3.35. The zero-order valence-electron chi connectivity index (χ0n) is 19.2. The lowest BCUT2D eigenvalue weighted by Crippen LogP contribution is -2.46. The first-order valence-corrected chi connectivity index (χ1v) is 11.9. The lowest BCUT2D eigenvalue weighted by atomic mass is 9.83. The van der Waals surface area contributed by atoms with Crippen LogP contribution in [0.5, 0.6) is 5.75 Å². The second-order valence-electron chi connectivity index (χ2n) is 9.30. The lowest BCUT2D eigenvalue weighted by molar-refractivity contribution is -0.143. The van der Waals surface area contributed by atoms with Gasteiger partial charge in [-0.1, -0.05) is 26.3 Å². The molecule has 10 heteroatoms. The van der Waals surface area contributed by atoms with Crippen molar-refractivity contribution >= 4 is 29.2 Å². The number of benzene rings is 1. The summed E-state index contributed by atoms with van der Waals surface area (Å²) in [4.78, 5) is 37.7. The third-order valence-corrected chi connectivity index (χ3v) is 7.06. The van der Waals surface area contributed by atoms with Crippen molar-refractivity contribution in [3.05, 3.63) is 51.5 Å². The van der Waals surface area contributed by atoms with Crippen LogP contribution in [0.4, 0.5) is 4.39 Å². The molecule has 8 nitrogen and oxygen atoms in total. The number of rotatable bonds is 8. The molecule has 0 saturated heterocycles. The van der Waals surface area contributed by atoms with Gasteiger partial charge in [-0.15, -0.1) is 11.3 Å². The smallest absolute Gasteiger partial charge is 0.353 e. The highest BCUT2D eigenvalue weighted by molar-refractivity contribution is 7.14. The number of nitrogens with one attached hydrogen (secondary N) is 1. The summed E-state index contributed by atoms with van der Waals surface area (Å²) in [6.45, 7) is 3.60. The van der Waals surface area contributed by atoms with Crippen molar-refractivity contribution in [2.24, 2.45) is 22.8 Å². The van der Waals surface area contributed by atoms with Gasteiger partial charge in [-0.2, -0.15) is 0 Å². The van der Waals surface area contributed by atoms with Crippen molar-refractivity contribution in [3.8, 4) is 5.75 Å². The number of hydrogen-bond donors (Lipinski definition) is 4. The molecule has 0 aliphatic heterocycles. The fourth-order valence-corrected chi connectivity index (χ4v) is 5.09. The molecule has 2 atom stereocenters. The van der Waals surface area contributed by atoms with Crippen molar-refractivity contribution < 1.29 is 28.6 Å². The van der Waals surface area contributed by atoms with Gasteiger partial charge < -0.3 is 26.6 Å². The van der Waals surface area contributed by atoms with Gasteiger partial charge in [-0.25, -0.2) is 9.18 Å². The normalized spacial score (nSPS) is 18.5. The Balaban J connectivity index is 1.60. The average Bonchev–Trinajstić information content (AvgIpc) is 3.23. The maximum absolute atomic E-state index is 14.2. The molecule has 0 radical (unpaired) electrons. The first kappa shape index (κ1) is 25.8. The molecule has 1 aromatic carbocycles. The lowest BCUT2D eigenvalue weighted by Gasteiger charge is -2.31. The van der Waals surface area contributed by atoms with Crippen LogP contribution in [0.3, 0.4) is 0 Å². The van der Waals surface area contributed by atoms with Gasteiger partial charge in [0.1, 0.15) is 4.88 Å². The summed E-state index contributed by atoms with van der Waals surface area (Å²) in [5.74, 6) is -3.09. The molecule has 6 N–H and O–H groups in total. The third-order valence-electron chi connectivity index (χ3n) is 6.00. The van der Waals surface area contributed by atoms with E-state index in [1.165, 1.54) is 23.5 Å². The second-order valence-corrected chi connectivity index (χ2v) is 10.5. The number of ether oxygens (including phenoxy) is 1. The molecule has 0 spiro atoms. The topological polar surface area (TPSA) is 145 Å². The number of nitrogens with two attached hydrogens (primary N) is 2. The number of aliphatic carboxylic acids is 1. The Hall–Kier alpha value is -2.82. The van der Waals surface area contributed by atoms with E-state index in [1.807, 2.05) is 0 Å². The molecule has 1 aliphatic carbocycles. The molecule has 1 aromatic heterocycles. The van der Waals surface area contributed by atoms with E-state index >= 15 is 0 Å². The quantitative estimate of drug-likeness (QED) is 0.252.